The minimum absolute atomic E-state index is 0.255. The second-order valence-electron chi connectivity index (χ2n) is 3.47. The number of aryl methyl sites for hydroxylation is 1. The molecule has 0 radical (unpaired) electrons. The molecule has 1 N–H and O–H groups in total. The Morgan fingerprint density at radius 3 is 3.13 bits per heavy atom. The van der Waals surface area contributed by atoms with Crippen LogP contribution in [0.1, 0.15) is 25.8 Å². The van der Waals surface area contributed by atoms with E-state index in [1.165, 1.54) is 5.56 Å². The molecule has 1 aromatic heterocycles. The number of nitrogens with zero attached hydrogens (tertiary/aromatic N) is 2. The first kappa shape index (κ1) is 11.7. The van der Waals surface area contributed by atoms with Gasteiger partial charge in [-0.25, -0.2) is 0 Å². The number of nitriles is 1. The van der Waals surface area contributed by atoms with Crippen molar-refractivity contribution in [3.8, 4) is 6.19 Å². The minimum atomic E-state index is 0.255. The molecule has 1 heterocycles. The van der Waals surface area contributed by atoms with Gasteiger partial charge < -0.3 is 0 Å². The third-order valence-electron chi connectivity index (χ3n) is 2.08. The van der Waals surface area contributed by atoms with Crippen LogP contribution in [0.5, 0.6) is 0 Å². The lowest BCUT2D eigenvalue weighted by Gasteiger charge is -2.06. The number of hydrogen-bond donors (Lipinski definition) is 1. The van der Waals surface area contributed by atoms with E-state index < -0.39 is 0 Å². The summed E-state index contributed by atoms with van der Waals surface area (Å²) in [5.74, 6) is 0.690. The molecule has 0 aromatic carbocycles. The first-order valence-electron chi connectivity index (χ1n) is 4.93. The molecule has 3 nitrogen and oxygen atoms in total. The van der Waals surface area contributed by atoms with Gasteiger partial charge in [-0.2, -0.15) is 16.6 Å². The summed E-state index contributed by atoms with van der Waals surface area (Å²) >= 11 is 1.72. The van der Waals surface area contributed by atoms with Crippen LogP contribution >= 0.6 is 11.3 Å². The number of amidine groups is 1. The highest BCUT2D eigenvalue weighted by Gasteiger charge is 2.01. The second-order valence-corrected chi connectivity index (χ2v) is 4.25. The summed E-state index contributed by atoms with van der Waals surface area (Å²) in [5.41, 5.74) is 1.37. The lowest BCUT2D eigenvalue weighted by molar-refractivity contribution is 0.666. The van der Waals surface area contributed by atoms with Gasteiger partial charge >= 0.3 is 0 Å². The molecule has 15 heavy (non-hydrogen) atoms. The first-order valence-corrected chi connectivity index (χ1v) is 5.87. The van der Waals surface area contributed by atoms with Crippen molar-refractivity contribution in [3.63, 3.8) is 0 Å². The summed E-state index contributed by atoms with van der Waals surface area (Å²) in [6.07, 6.45) is 3.93. The molecule has 1 unspecified atom stereocenters. The Bertz CT molecular complexity index is 348. The van der Waals surface area contributed by atoms with Crippen molar-refractivity contribution in [3.05, 3.63) is 22.4 Å². The standard InChI is InChI=1S/C11H15N3S/c1-9(14-10(2)13-8-12)3-4-11-5-6-15-7-11/h5-7,9H,3-4H2,1-2H3,(H,13,14). The Morgan fingerprint density at radius 2 is 2.53 bits per heavy atom. The summed E-state index contributed by atoms with van der Waals surface area (Å²) in [7, 11) is 0. The van der Waals surface area contributed by atoms with Gasteiger partial charge in [0.2, 0.25) is 0 Å². The molecule has 0 aliphatic rings. The Morgan fingerprint density at radius 1 is 1.73 bits per heavy atom. The molecule has 0 amide bonds. The van der Waals surface area contributed by atoms with Gasteiger partial charge in [0.05, 0.1) is 0 Å². The highest BCUT2D eigenvalue weighted by Crippen LogP contribution is 2.10. The van der Waals surface area contributed by atoms with Crippen LogP contribution in [0.4, 0.5) is 0 Å². The Balaban J connectivity index is 2.33. The maximum Gasteiger partial charge on any atom is 0.182 e. The molecule has 0 saturated heterocycles. The lowest BCUT2D eigenvalue weighted by Crippen LogP contribution is -2.16. The van der Waals surface area contributed by atoms with Crippen molar-refractivity contribution in [1.82, 2.24) is 5.32 Å². The maximum atomic E-state index is 8.39. The first-order chi connectivity index (χ1) is 7.22. The summed E-state index contributed by atoms with van der Waals surface area (Å²) < 4.78 is 0. The van der Waals surface area contributed by atoms with Crippen LogP contribution in [0.25, 0.3) is 0 Å². The zero-order valence-corrected chi connectivity index (χ0v) is 9.84. The summed E-state index contributed by atoms with van der Waals surface area (Å²) in [6.45, 7) is 3.87. The van der Waals surface area contributed by atoms with E-state index in [1.807, 2.05) is 13.1 Å². The minimum Gasteiger partial charge on any atom is -0.281 e. The Kier molecular flexibility index (Phi) is 4.85. The fraction of sp³-hybridized carbons (Fsp3) is 0.455. The van der Waals surface area contributed by atoms with Crippen LogP contribution in [0, 0.1) is 11.5 Å². The molecule has 80 valence electrons. The molecule has 0 spiro atoms. The lowest BCUT2D eigenvalue weighted by atomic mass is 10.1. The van der Waals surface area contributed by atoms with Gasteiger partial charge in [-0.1, -0.05) is 0 Å². The summed E-state index contributed by atoms with van der Waals surface area (Å²) in [6, 6.07) is 2.40. The third-order valence-corrected chi connectivity index (χ3v) is 2.81. The van der Waals surface area contributed by atoms with E-state index in [2.05, 4.69) is 34.1 Å². The third kappa shape index (κ3) is 4.61. The van der Waals surface area contributed by atoms with E-state index in [0.717, 1.165) is 12.8 Å². The van der Waals surface area contributed by atoms with E-state index in [9.17, 15) is 0 Å². The fourth-order valence-corrected chi connectivity index (χ4v) is 2.02. The molecule has 0 aliphatic heterocycles. The smallest absolute Gasteiger partial charge is 0.182 e. The van der Waals surface area contributed by atoms with Crippen LogP contribution in [-0.4, -0.2) is 11.9 Å². The van der Waals surface area contributed by atoms with Gasteiger partial charge in [-0.3, -0.25) is 10.3 Å². The van der Waals surface area contributed by atoms with Crippen molar-refractivity contribution in [1.29, 1.82) is 5.26 Å². The van der Waals surface area contributed by atoms with E-state index in [4.69, 9.17) is 5.26 Å². The van der Waals surface area contributed by atoms with Gasteiger partial charge in [0.1, 0.15) is 5.84 Å². The number of nitrogens with one attached hydrogen (secondary N) is 1. The Hall–Kier alpha value is -1.34. The zero-order chi connectivity index (χ0) is 11.1. The van der Waals surface area contributed by atoms with Crippen LogP contribution in [0.2, 0.25) is 0 Å². The van der Waals surface area contributed by atoms with Crippen LogP contribution in [0.3, 0.4) is 0 Å². The summed E-state index contributed by atoms with van der Waals surface area (Å²) in [5, 5.41) is 15.2. The van der Waals surface area contributed by atoms with E-state index in [-0.39, 0.29) is 6.04 Å². The maximum absolute atomic E-state index is 8.39. The Labute approximate surface area is 94.5 Å². The van der Waals surface area contributed by atoms with E-state index in [0.29, 0.717) is 5.84 Å². The molecular weight excluding hydrogens is 206 g/mol. The molecule has 0 saturated carbocycles. The largest absolute Gasteiger partial charge is 0.281 e. The van der Waals surface area contributed by atoms with Crippen molar-refractivity contribution in [2.45, 2.75) is 32.7 Å². The molecule has 0 bridgehead atoms. The number of hydrogen-bond acceptors (Lipinski definition) is 3. The predicted molar refractivity (Wildman–Crippen MR) is 64.0 cm³/mol. The molecule has 4 heteroatoms. The highest BCUT2D eigenvalue weighted by molar-refractivity contribution is 7.07. The van der Waals surface area contributed by atoms with E-state index >= 15 is 0 Å². The van der Waals surface area contributed by atoms with Gasteiger partial charge in [0.25, 0.3) is 0 Å². The SMILES string of the molecule is CC(=NC(C)CCc1ccsc1)NC#N. The van der Waals surface area contributed by atoms with Crippen molar-refractivity contribution < 1.29 is 0 Å². The average Bonchev–Trinajstić information content (AvgIpc) is 2.67. The monoisotopic (exact) mass is 221 g/mol. The zero-order valence-electron chi connectivity index (χ0n) is 9.03. The molecule has 0 fully saturated rings. The molecule has 0 aliphatic carbocycles. The molecule has 1 rings (SSSR count). The summed E-state index contributed by atoms with van der Waals surface area (Å²) in [4.78, 5) is 4.35. The normalized spacial score (nSPS) is 13.3. The van der Waals surface area contributed by atoms with E-state index in [1.54, 1.807) is 11.3 Å². The van der Waals surface area contributed by atoms with Crippen molar-refractivity contribution >= 4 is 17.2 Å². The topological polar surface area (TPSA) is 48.2 Å². The second kappa shape index (κ2) is 6.20. The highest BCUT2D eigenvalue weighted by atomic mass is 32.1. The molecular formula is C11H15N3S. The number of aliphatic imine (C=N–C) groups is 1. The molecule has 1 atom stereocenters. The fourth-order valence-electron chi connectivity index (χ4n) is 1.32. The van der Waals surface area contributed by atoms with Crippen LogP contribution in [-0.2, 0) is 6.42 Å². The molecule has 1 aromatic rings. The average molecular weight is 221 g/mol. The number of rotatable bonds is 4. The van der Waals surface area contributed by atoms with Crippen LogP contribution < -0.4 is 5.32 Å². The quantitative estimate of drug-likeness (QED) is 0.367. The van der Waals surface area contributed by atoms with Crippen molar-refractivity contribution in [2.24, 2.45) is 4.99 Å². The van der Waals surface area contributed by atoms with Gasteiger partial charge in [-0.15, -0.1) is 0 Å². The van der Waals surface area contributed by atoms with Gasteiger partial charge in [0, 0.05) is 6.04 Å². The number of thiophene rings is 1. The van der Waals surface area contributed by atoms with Gasteiger partial charge in [-0.05, 0) is 49.1 Å². The predicted octanol–water partition coefficient (Wildman–Crippen LogP) is 2.56. The van der Waals surface area contributed by atoms with Gasteiger partial charge in [0.15, 0.2) is 6.19 Å². The van der Waals surface area contributed by atoms with Crippen molar-refractivity contribution in [2.75, 3.05) is 0 Å². The van der Waals surface area contributed by atoms with Crippen LogP contribution in [0.15, 0.2) is 21.8 Å².